The number of pyridine rings is 1. The van der Waals surface area contributed by atoms with Crippen molar-refractivity contribution in [3.8, 4) is 0 Å². The second-order valence-corrected chi connectivity index (χ2v) is 9.96. The number of rotatable bonds is 6. The van der Waals surface area contributed by atoms with Crippen molar-refractivity contribution in [1.82, 2.24) is 26.1 Å². The van der Waals surface area contributed by atoms with E-state index in [0.29, 0.717) is 23.8 Å². The lowest BCUT2D eigenvalue weighted by molar-refractivity contribution is -0.124. The van der Waals surface area contributed by atoms with Crippen molar-refractivity contribution in [2.45, 2.75) is 69.5 Å². The quantitative estimate of drug-likeness (QED) is 0.644. The molecule has 1 aliphatic carbocycles. The summed E-state index contributed by atoms with van der Waals surface area (Å²) in [5.41, 5.74) is 9.39. The summed E-state index contributed by atoms with van der Waals surface area (Å²) in [4.78, 5) is 20.1. The average molecular weight is 428 g/mol. The van der Waals surface area contributed by atoms with Gasteiger partial charge in [0.25, 0.3) is 0 Å². The number of fused-ring (bicyclic) bond motifs is 1. The minimum absolute atomic E-state index is 0.145. The molecular formula is C24H37N5O2. The molecule has 0 bridgehead atoms. The molecule has 3 saturated heterocycles. The maximum atomic E-state index is 13.0. The first-order valence-electron chi connectivity index (χ1n) is 12.3. The van der Waals surface area contributed by atoms with Gasteiger partial charge in [-0.25, -0.2) is 5.43 Å². The lowest BCUT2D eigenvalue weighted by atomic mass is 9.73. The maximum absolute atomic E-state index is 13.0. The normalized spacial score (nSPS) is 32.1. The molecule has 0 radical (unpaired) electrons. The van der Waals surface area contributed by atoms with E-state index >= 15 is 0 Å². The first-order chi connectivity index (χ1) is 15.3. The van der Waals surface area contributed by atoms with Crippen LogP contribution in [0.2, 0.25) is 0 Å². The zero-order chi connectivity index (χ0) is 21.0. The number of amides is 1. The summed E-state index contributed by atoms with van der Waals surface area (Å²) < 4.78 is 5.43. The van der Waals surface area contributed by atoms with Gasteiger partial charge in [0, 0.05) is 50.7 Å². The van der Waals surface area contributed by atoms with Gasteiger partial charge in [-0.3, -0.25) is 20.1 Å². The van der Waals surface area contributed by atoms with Gasteiger partial charge >= 0.3 is 0 Å². The average Bonchev–Trinajstić information content (AvgIpc) is 3.48. The molecule has 1 aromatic heterocycles. The largest absolute Gasteiger partial charge is 0.381 e. The van der Waals surface area contributed by atoms with Crippen LogP contribution in [-0.4, -0.2) is 60.7 Å². The lowest BCUT2D eigenvalue weighted by Gasteiger charge is -2.33. The van der Waals surface area contributed by atoms with Gasteiger partial charge < -0.3 is 10.1 Å². The lowest BCUT2D eigenvalue weighted by Crippen LogP contribution is -2.47. The van der Waals surface area contributed by atoms with E-state index in [2.05, 4.69) is 38.3 Å². The Morgan fingerprint density at radius 2 is 1.97 bits per heavy atom. The highest BCUT2D eigenvalue weighted by molar-refractivity contribution is 5.82. The number of hydrogen-bond donors (Lipinski definition) is 3. The molecule has 3 N–H and O–H groups in total. The third-order valence-corrected chi connectivity index (χ3v) is 7.83. The van der Waals surface area contributed by atoms with Crippen molar-refractivity contribution < 1.29 is 9.53 Å². The van der Waals surface area contributed by atoms with Crippen molar-refractivity contribution in [3.05, 3.63) is 29.6 Å². The van der Waals surface area contributed by atoms with Crippen molar-refractivity contribution >= 4 is 5.91 Å². The standard InChI is InChI=1S/C24H37N5O2/c30-24(26-14-17-5-9-31-10-6-17)23-21-12-19(3-4-22(21)27-28-23)20-11-18(13-25-15-20)16-29-7-1-2-8-29/h11,13,15,17,19,21-23,27-28H,1-10,12,14,16H2,(H,26,30). The molecule has 31 heavy (non-hydrogen) atoms. The highest BCUT2D eigenvalue weighted by Crippen LogP contribution is 2.39. The molecule has 3 aliphatic heterocycles. The summed E-state index contributed by atoms with van der Waals surface area (Å²) in [6, 6.07) is 2.61. The van der Waals surface area contributed by atoms with Crippen LogP contribution in [0, 0.1) is 11.8 Å². The Balaban J connectivity index is 1.19. The number of ether oxygens (including phenoxy) is 1. The zero-order valence-corrected chi connectivity index (χ0v) is 18.5. The Labute approximate surface area is 185 Å². The number of nitrogens with zero attached hydrogens (tertiary/aromatic N) is 2. The molecule has 7 nitrogen and oxygen atoms in total. The van der Waals surface area contributed by atoms with Crippen molar-refractivity contribution in [2.75, 3.05) is 32.8 Å². The fourth-order valence-corrected chi connectivity index (χ4v) is 5.94. The van der Waals surface area contributed by atoms with Crippen LogP contribution >= 0.6 is 0 Å². The molecule has 4 fully saturated rings. The van der Waals surface area contributed by atoms with Gasteiger partial charge in [-0.1, -0.05) is 6.07 Å². The topological polar surface area (TPSA) is 78.5 Å². The van der Waals surface area contributed by atoms with Crippen LogP contribution in [-0.2, 0) is 16.1 Å². The highest BCUT2D eigenvalue weighted by atomic mass is 16.5. The molecule has 1 amide bonds. The van der Waals surface area contributed by atoms with Gasteiger partial charge in [0.15, 0.2) is 0 Å². The number of carbonyl (C=O) groups is 1. The number of carbonyl (C=O) groups excluding carboxylic acids is 1. The smallest absolute Gasteiger partial charge is 0.238 e. The van der Waals surface area contributed by atoms with Crippen molar-refractivity contribution in [3.63, 3.8) is 0 Å². The van der Waals surface area contributed by atoms with E-state index in [1.165, 1.54) is 37.1 Å². The van der Waals surface area contributed by atoms with Crippen LogP contribution in [0.25, 0.3) is 0 Å². The van der Waals surface area contributed by atoms with Crippen LogP contribution in [0.1, 0.15) is 62.0 Å². The Morgan fingerprint density at radius 3 is 2.81 bits per heavy atom. The molecule has 4 heterocycles. The molecule has 1 saturated carbocycles. The first-order valence-corrected chi connectivity index (χ1v) is 12.3. The number of hydrogen-bond acceptors (Lipinski definition) is 6. The van der Waals surface area contributed by atoms with Gasteiger partial charge in [0.05, 0.1) is 0 Å². The van der Waals surface area contributed by atoms with Gasteiger partial charge in [-0.15, -0.1) is 0 Å². The van der Waals surface area contributed by atoms with E-state index in [9.17, 15) is 4.79 Å². The van der Waals surface area contributed by atoms with E-state index in [1.807, 2.05) is 6.20 Å². The Kier molecular flexibility index (Phi) is 6.84. The van der Waals surface area contributed by atoms with Crippen molar-refractivity contribution in [2.24, 2.45) is 11.8 Å². The van der Waals surface area contributed by atoms with Crippen LogP contribution in [0.4, 0.5) is 0 Å². The fraction of sp³-hybridized carbons (Fsp3) is 0.750. The molecule has 170 valence electrons. The minimum atomic E-state index is -0.145. The summed E-state index contributed by atoms with van der Waals surface area (Å²) in [5.74, 6) is 1.51. The zero-order valence-electron chi connectivity index (χ0n) is 18.5. The fourth-order valence-electron chi connectivity index (χ4n) is 5.94. The second kappa shape index (κ2) is 9.94. The van der Waals surface area contributed by atoms with E-state index < -0.39 is 0 Å². The predicted molar refractivity (Wildman–Crippen MR) is 119 cm³/mol. The Morgan fingerprint density at radius 1 is 1.13 bits per heavy atom. The molecule has 5 rings (SSSR count). The number of hydrazine groups is 1. The number of aromatic nitrogens is 1. The Bertz CT molecular complexity index is 747. The summed E-state index contributed by atoms with van der Waals surface area (Å²) in [6.45, 7) is 5.84. The van der Waals surface area contributed by atoms with Crippen LogP contribution < -0.4 is 16.2 Å². The molecular weight excluding hydrogens is 390 g/mol. The molecule has 7 heteroatoms. The monoisotopic (exact) mass is 427 g/mol. The Hall–Kier alpha value is -1.54. The summed E-state index contributed by atoms with van der Waals surface area (Å²) >= 11 is 0. The van der Waals surface area contributed by atoms with E-state index in [-0.39, 0.29) is 11.9 Å². The highest BCUT2D eigenvalue weighted by Gasteiger charge is 2.44. The van der Waals surface area contributed by atoms with Gasteiger partial charge in [-0.2, -0.15) is 0 Å². The molecule has 4 aliphatic rings. The third kappa shape index (κ3) is 5.11. The molecule has 0 aromatic carbocycles. The van der Waals surface area contributed by atoms with Gasteiger partial charge in [-0.05, 0) is 81.0 Å². The predicted octanol–water partition coefficient (Wildman–Crippen LogP) is 1.95. The minimum Gasteiger partial charge on any atom is -0.381 e. The maximum Gasteiger partial charge on any atom is 0.238 e. The van der Waals surface area contributed by atoms with E-state index in [4.69, 9.17) is 4.74 Å². The van der Waals surface area contributed by atoms with E-state index in [0.717, 1.165) is 58.4 Å². The molecule has 0 spiro atoms. The third-order valence-electron chi connectivity index (χ3n) is 7.83. The number of likely N-dealkylation sites (tertiary alicyclic amines) is 1. The number of nitrogens with one attached hydrogen (secondary N) is 3. The van der Waals surface area contributed by atoms with E-state index in [1.54, 1.807) is 0 Å². The molecule has 4 atom stereocenters. The molecule has 4 unspecified atom stereocenters. The van der Waals surface area contributed by atoms with Crippen LogP contribution in [0.15, 0.2) is 18.5 Å². The van der Waals surface area contributed by atoms with Gasteiger partial charge in [0.2, 0.25) is 5.91 Å². The van der Waals surface area contributed by atoms with Crippen molar-refractivity contribution in [1.29, 1.82) is 0 Å². The second-order valence-electron chi connectivity index (χ2n) is 9.96. The summed E-state index contributed by atoms with van der Waals surface area (Å²) in [5, 5.41) is 3.22. The SMILES string of the molecule is O=C(NCC1CCOCC1)C1NNC2CCC(c3cncc(CN4CCCC4)c3)CC21. The van der Waals surface area contributed by atoms with Crippen LogP contribution in [0.3, 0.4) is 0 Å². The van der Waals surface area contributed by atoms with Gasteiger partial charge in [0.1, 0.15) is 6.04 Å². The summed E-state index contributed by atoms with van der Waals surface area (Å²) in [6.07, 6.45) is 12.1. The summed E-state index contributed by atoms with van der Waals surface area (Å²) in [7, 11) is 0. The first kappa shape index (κ1) is 21.3. The molecule has 1 aromatic rings. The van der Waals surface area contributed by atoms with Crippen LogP contribution in [0.5, 0.6) is 0 Å².